The number of benzene rings is 1. The van der Waals surface area contributed by atoms with Gasteiger partial charge in [0.2, 0.25) is 6.79 Å². The molecule has 0 bridgehead atoms. The van der Waals surface area contributed by atoms with Crippen molar-refractivity contribution < 1.29 is 19.3 Å². The van der Waals surface area contributed by atoms with E-state index in [-0.39, 0.29) is 18.2 Å². The molecule has 24 heavy (non-hydrogen) atoms. The molecular weight excluding hydrogens is 306 g/mol. The third-order valence-electron chi connectivity index (χ3n) is 6.19. The zero-order valence-electron chi connectivity index (χ0n) is 14.1. The van der Waals surface area contributed by atoms with Gasteiger partial charge in [-0.25, -0.2) is 0 Å². The molecule has 3 heterocycles. The molecule has 1 N–H and O–H groups in total. The first-order chi connectivity index (χ1) is 11.6. The summed E-state index contributed by atoms with van der Waals surface area (Å²) in [5.41, 5.74) is 2.30. The summed E-state index contributed by atoms with van der Waals surface area (Å²) in [5.74, 6) is 2.92. The van der Waals surface area contributed by atoms with Crippen LogP contribution in [0, 0.1) is 5.92 Å². The minimum Gasteiger partial charge on any atom is -0.499 e. The number of ether oxygens (including phenoxy) is 3. The molecule has 3 aliphatic heterocycles. The largest absolute Gasteiger partial charge is 0.499 e. The minimum absolute atomic E-state index is 0.00981. The average Bonchev–Trinajstić information content (AvgIpc) is 3.19. The third-order valence-corrected chi connectivity index (χ3v) is 6.19. The summed E-state index contributed by atoms with van der Waals surface area (Å²) in [6, 6.07) is 4.20. The van der Waals surface area contributed by atoms with E-state index in [1.54, 1.807) is 7.11 Å². The molecule has 0 amide bonds. The van der Waals surface area contributed by atoms with Gasteiger partial charge >= 0.3 is 0 Å². The van der Waals surface area contributed by atoms with E-state index in [0.717, 1.165) is 37.4 Å². The van der Waals surface area contributed by atoms with Crippen LogP contribution in [0.5, 0.6) is 11.5 Å². The molecule has 0 saturated carbocycles. The minimum atomic E-state index is -0.611. The second-order valence-corrected chi connectivity index (χ2v) is 7.57. The van der Waals surface area contributed by atoms with E-state index in [2.05, 4.69) is 30.0 Å². The zero-order chi connectivity index (χ0) is 16.5. The van der Waals surface area contributed by atoms with Crippen LogP contribution >= 0.6 is 0 Å². The van der Waals surface area contributed by atoms with Crippen molar-refractivity contribution in [3.05, 3.63) is 35.1 Å². The molecule has 4 aliphatic rings. The molecule has 0 aromatic heterocycles. The maximum absolute atomic E-state index is 11.0. The lowest BCUT2D eigenvalue weighted by Crippen LogP contribution is -2.46. The lowest BCUT2D eigenvalue weighted by Gasteiger charge is -2.38. The SMILES string of the molecule is COC1=C[C@]23C[C@@H](C)CN2CCc2cc4c(cc2[C@@H]3[C@@H]1O)OCO4. The number of hydrogen-bond acceptors (Lipinski definition) is 5. The first-order valence-corrected chi connectivity index (χ1v) is 8.74. The van der Waals surface area contributed by atoms with Gasteiger partial charge in [0, 0.05) is 19.0 Å². The van der Waals surface area contributed by atoms with Crippen LogP contribution in [0.1, 0.15) is 30.4 Å². The number of fused-ring (bicyclic) bond motifs is 3. The number of aliphatic hydroxyl groups is 1. The second kappa shape index (κ2) is 4.90. The highest BCUT2D eigenvalue weighted by Gasteiger charge is 2.57. The van der Waals surface area contributed by atoms with Crippen LogP contribution < -0.4 is 9.47 Å². The van der Waals surface area contributed by atoms with Gasteiger partial charge in [0.25, 0.3) is 0 Å². The normalized spacial score (nSPS) is 36.6. The highest BCUT2D eigenvalue weighted by Crippen LogP contribution is 2.55. The predicted molar refractivity (Wildman–Crippen MR) is 88.2 cm³/mol. The van der Waals surface area contributed by atoms with Crippen LogP contribution in [0.2, 0.25) is 0 Å². The molecule has 5 rings (SSSR count). The molecule has 128 valence electrons. The van der Waals surface area contributed by atoms with Crippen molar-refractivity contribution in [2.75, 3.05) is 27.0 Å². The van der Waals surface area contributed by atoms with Crippen LogP contribution in [0.4, 0.5) is 0 Å². The van der Waals surface area contributed by atoms with Gasteiger partial charge in [0.05, 0.1) is 12.6 Å². The number of rotatable bonds is 1. The van der Waals surface area contributed by atoms with Crippen molar-refractivity contribution in [1.82, 2.24) is 4.90 Å². The van der Waals surface area contributed by atoms with E-state index in [4.69, 9.17) is 14.2 Å². The molecule has 1 fully saturated rings. The first-order valence-electron chi connectivity index (χ1n) is 8.74. The Morgan fingerprint density at radius 3 is 2.88 bits per heavy atom. The molecular formula is C19H23NO4. The predicted octanol–water partition coefficient (Wildman–Crippen LogP) is 2.04. The Labute approximate surface area is 141 Å². The fourth-order valence-electron chi connectivity index (χ4n) is 5.31. The molecule has 4 atom stereocenters. The average molecular weight is 329 g/mol. The number of aliphatic hydroxyl groups excluding tert-OH is 1. The maximum atomic E-state index is 11.0. The van der Waals surface area contributed by atoms with Crippen LogP contribution in [0.25, 0.3) is 0 Å². The highest BCUT2D eigenvalue weighted by atomic mass is 16.7. The number of methoxy groups -OCH3 is 1. The third kappa shape index (κ3) is 1.77. The lowest BCUT2D eigenvalue weighted by atomic mass is 9.76. The number of hydrogen-bond donors (Lipinski definition) is 1. The van der Waals surface area contributed by atoms with Crippen molar-refractivity contribution in [3.8, 4) is 11.5 Å². The molecule has 1 aliphatic carbocycles. The standard InChI is InChI=1S/C19H23NO4/c1-11-7-19-8-16(22-2)18(21)17(19)13-6-15-14(23-10-24-15)5-12(13)3-4-20(19)9-11/h5-6,8,11,17-18,21H,3-4,7,9-10H2,1-2H3/t11-,17-,18-,19+/m1/s1. The summed E-state index contributed by atoms with van der Waals surface area (Å²) in [6.45, 7) is 4.64. The molecule has 1 saturated heterocycles. The molecule has 5 nitrogen and oxygen atoms in total. The monoisotopic (exact) mass is 329 g/mol. The van der Waals surface area contributed by atoms with Crippen molar-refractivity contribution in [1.29, 1.82) is 0 Å². The van der Waals surface area contributed by atoms with E-state index in [0.29, 0.717) is 11.7 Å². The number of nitrogens with zero attached hydrogens (tertiary/aromatic N) is 1. The van der Waals surface area contributed by atoms with Crippen LogP contribution in [0.15, 0.2) is 24.0 Å². The van der Waals surface area contributed by atoms with E-state index in [1.807, 2.05) is 0 Å². The van der Waals surface area contributed by atoms with Gasteiger partial charge in [-0.2, -0.15) is 0 Å². The summed E-state index contributed by atoms with van der Waals surface area (Å²) in [5, 5.41) is 11.0. The van der Waals surface area contributed by atoms with E-state index in [1.165, 1.54) is 11.1 Å². The Morgan fingerprint density at radius 2 is 2.08 bits per heavy atom. The van der Waals surface area contributed by atoms with Gasteiger partial charge in [-0.1, -0.05) is 6.92 Å². The van der Waals surface area contributed by atoms with Crippen LogP contribution in [-0.4, -0.2) is 48.6 Å². The summed E-state index contributed by atoms with van der Waals surface area (Å²) in [7, 11) is 1.65. The van der Waals surface area contributed by atoms with E-state index in [9.17, 15) is 5.11 Å². The van der Waals surface area contributed by atoms with Gasteiger partial charge in [-0.05, 0) is 48.1 Å². The van der Waals surface area contributed by atoms with Gasteiger partial charge in [0.15, 0.2) is 11.5 Å². The Bertz CT molecular complexity index is 730. The van der Waals surface area contributed by atoms with Crippen molar-refractivity contribution in [2.24, 2.45) is 5.92 Å². The topological polar surface area (TPSA) is 51.2 Å². The molecule has 1 aromatic rings. The van der Waals surface area contributed by atoms with Gasteiger partial charge < -0.3 is 19.3 Å². The Balaban J connectivity index is 1.70. The van der Waals surface area contributed by atoms with Gasteiger partial charge in [0.1, 0.15) is 11.9 Å². The Hall–Kier alpha value is -1.72. The summed E-state index contributed by atoms with van der Waals surface area (Å²) in [4.78, 5) is 2.55. The molecule has 1 aromatic carbocycles. The highest BCUT2D eigenvalue weighted by molar-refractivity contribution is 5.54. The summed E-state index contributed by atoms with van der Waals surface area (Å²) < 4.78 is 16.7. The molecule has 5 heteroatoms. The molecule has 0 unspecified atom stereocenters. The maximum Gasteiger partial charge on any atom is 0.231 e. The molecule has 1 spiro atoms. The van der Waals surface area contributed by atoms with Gasteiger partial charge in [-0.15, -0.1) is 0 Å². The van der Waals surface area contributed by atoms with Crippen molar-refractivity contribution >= 4 is 0 Å². The lowest BCUT2D eigenvalue weighted by molar-refractivity contribution is 0.0782. The Morgan fingerprint density at radius 1 is 1.29 bits per heavy atom. The fourth-order valence-corrected chi connectivity index (χ4v) is 5.31. The van der Waals surface area contributed by atoms with Gasteiger partial charge in [-0.3, -0.25) is 4.90 Å². The molecule has 0 radical (unpaired) electrons. The zero-order valence-corrected chi connectivity index (χ0v) is 14.1. The quantitative estimate of drug-likeness (QED) is 0.854. The van der Waals surface area contributed by atoms with E-state index >= 15 is 0 Å². The van der Waals surface area contributed by atoms with Crippen molar-refractivity contribution in [2.45, 2.75) is 37.3 Å². The Kier molecular flexibility index (Phi) is 2.98. The van der Waals surface area contributed by atoms with E-state index < -0.39 is 6.10 Å². The van der Waals surface area contributed by atoms with Crippen LogP contribution in [0.3, 0.4) is 0 Å². The second-order valence-electron chi connectivity index (χ2n) is 7.57. The smallest absolute Gasteiger partial charge is 0.231 e. The fraction of sp³-hybridized carbons (Fsp3) is 0.579. The first kappa shape index (κ1) is 14.6. The summed E-state index contributed by atoms with van der Waals surface area (Å²) >= 11 is 0. The van der Waals surface area contributed by atoms with Crippen LogP contribution in [-0.2, 0) is 11.2 Å². The summed E-state index contributed by atoms with van der Waals surface area (Å²) in [6.07, 6.45) is 3.60. The van der Waals surface area contributed by atoms with Crippen molar-refractivity contribution in [3.63, 3.8) is 0 Å².